The second-order valence-electron chi connectivity index (χ2n) is 4.52. The largest absolute Gasteiger partial charge is 0.495 e. The predicted octanol–water partition coefficient (Wildman–Crippen LogP) is 3.27. The molecule has 0 aliphatic heterocycles. The lowest BCUT2D eigenvalue weighted by atomic mass is 10.2. The first-order valence-corrected chi connectivity index (χ1v) is 8.42. The Balaban J connectivity index is 2.47. The Morgan fingerprint density at radius 1 is 1.24 bits per heavy atom. The molecule has 0 amide bonds. The molecule has 0 radical (unpaired) electrons. The highest BCUT2D eigenvalue weighted by Gasteiger charge is 2.21. The number of hydrogen-bond acceptors (Lipinski definition) is 4. The Morgan fingerprint density at radius 2 is 1.95 bits per heavy atom. The number of hydrogen-bond donors (Lipinski definition) is 1. The molecule has 5 nitrogen and oxygen atoms in total. The van der Waals surface area contributed by atoms with E-state index in [4.69, 9.17) is 4.74 Å². The number of rotatable bonds is 4. The highest BCUT2D eigenvalue weighted by molar-refractivity contribution is 9.10. The minimum Gasteiger partial charge on any atom is -0.495 e. The van der Waals surface area contributed by atoms with Crippen LogP contribution in [0.3, 0.4) is 0 Å². The lowest BCUT2D eigenvalue weighted by Crippen LogP contribution is -2.15. The van der Waals surface area contributed by atoms with Crippen LogP contribution in [0.15, 0.2) is 39.7 Å². The Bertz CT molecular complexity index is 776. The van der Waals surface area contributed by atoms with E-state index in [0.717, 1.165) is 11.3 Å². The molecule has 0 aliphatic rings. The maximum absolute atomic E-state index is 12.5. The standard InChI is InChI=1S/C14H15BrN2O3S/c1-9-7-12(20-3)13(8-11(9)15)21(18,19)17-14-6-4-5-10(2)16-14/h4-8H,1-3H3,(H,16,17). The molecule has 0 saturated heterocycles. The topological polar surface area (TPSA) is 68.3 Å². The van der Waals surface area contributed by atoms with Crippen LogP contribution >= 0.6 is 15.9 Å². The van der Waals surface area contributed by atoms with Crippen LogP contribution in [0.5, 0.6) is 5.75 Å². The van der Waals surface area contributed by atoms with Crippen LogP contribution in [0.2, 0.25) is 0 Å². The summed E-state index contributed by atoms with van der Waals surface area (Å²) in [5.41, 5.74) is 1.62. The molecule has 1 aromatic heterocycles. The first kappa shape index (κ1) is 15.8. The minimum atomic E-state index is -3.78. The molecule has 0 bridgehead atoms. The van der Waals surface area contributed by atoms with Crippen molar-refractivity contribution in [2.45, 2.75) is 18.7 Å². The van der Waals surface area contributed by atoms with Crippen molar-refractivity contribution in [3.8, 4) is 5.75 Å². The van der Waals surface area contributed by atoms with Gasteiger partial charge in [-0.2, -0.15) is 0 Å². The van der Waals surface area contributed by atoms with Gasteiger partial charge in [0.15, 0.2) is 0 Å². The number of pyridine rings is 1. The Morgan fingerprint density at radius 3 is 2.57 bits per heavy atom. The van der Waals surface area contributed by atoms with Gasteiger partial charge in [0, 0.05) is 10.2 Å². The van der Waals surface area contributed by atoms with Crippen molar-refractivity contribution >= 4 is 31.8 Å². The summed E-state index contributed by atoms with van der Waals surface area (Å²) in [5.74, 6) is 0.560. The first-order valence-electron chi connectivity index (χ1n) is 6.14. The lowest BCUT2D eigenvalue weighted by Gasteiger charge is -2.13. The number of nitrogens with one attached hydrogen (secondary N) is 1. The molecule has 0 spiro atoms. The molecule has 7 heteroatoms. The van der Waals surface area contributed by atoms with E-state index >= 15 is 0 Å². The van der Waals surface area contributed by atoms with Gasteiger partial charge in [-0.3, -0.25) is 4.72 Å². The lowest BCUT2D eigenvalue weighted by molar-refractivity contribution is 0.402. The molecule has 0 atom stereocenters. The molecule has 0 fully saturated rings. The normalized spacial score (nSPS) is 11.2. The Hall–Kier alpha value is -1.60. The molecule has 0 aliphatic carbocycles. The summed E-state index contributed by atoms with van der Waals surface area (Å²) < 4.78 is 33.3. The van der Waals surface area contributed by atoms with Crippen LogP contribution in [0.4, 0.5) is 5.82 Å². The summed E-state index contributed by atoms with van der Waals surface area (Å²) in [5, 5.41) is 0. The van der Waals surface area contributed by atoms with Crippen LogP contribution in [-0.2, 0) is 10.0 Å². The van der Waals surface area contributed by atoms with E-state index in [2.05, 4.69) is 25.6 Å². The van der Waals surface area contributed by atoms with Crippen LogP contribution in [0, 0.1) is 13.8 Å². The van der Waals surface area contributed by atoms with Gasteiger partial charge in [-0.15, -0.1) is 0 Å². The summed E-state index contributed by atoms with van der Waals surface area (Å²) in [6.45, 7) is 3.65. The molecule has 1 aromatic carbocycles. The monoisotopic (exact) mass is 370 g/mol. The van der Waals surface area contributed by atoms with Crippen LogP contribution in [0.25, 0.3) is 0 Å². The second-order valence-corrected chi connectivity index (χ2v) is 7.03. The summed E-state index contributed by atoms with van der Waals surface area (Å²) in [7, 11) is -2.34. The third-order valence-corrected chi connectivity index (χ3v) is 5.09. The van der Waals surface area contributed by atoms with Crippen LogP contribution in [0.1, 0.15) is 11.3 Å². The van der Waals surface area contributed by atoms with Crippen molar-refractivity contribution in [3.05, 3.63) is 46.1 Å². The molecule has 2 rings (SSSR count). The Labute approximate surface area is 132 Å². The van der Waals surface area contributed by atoms with Gasteiger partial charge in [0.1, 0.15) is 16.5 Å². The maximum atomic E-state index is 12.5. The van der Waals surface area contributed by atoms with Crippen molar-refractivity contribution in [3.63, 3.8) is 0 Å². The fourth-order valence-electron chi connectivity index (χ4n) is 1.80. The van der Waals surface area contributed by atoms with Gasteiger partial charge >= 0.3 is 0 Å². The molecule has 21 heavy (non-hydrogen) atoms. The van der Waals surface area contributed by atoms with Gasteiger partial charge in [-0.05, 0) is 43.7 Å². The molecule has 0 unspecified atom stereocenters. The van der Waals surface area contributed by atoms with E-state index in [1.165, 1.54) is 13.2 Å². The quantitative estimate of drug-likeness (QED) is 0.896. The van der Waals surface area contributed by atoms with Crippen molar-refractivity contribution in [2.75, 3.05) is 11.8 Å². The maximum Gasteiger partial charge on any atom is 0.266 e. The number of benzene rings is 1. The highest BCUT2D eigenvalue weighted by Crippen LogP contribution is 2.31. The third kappa shape index (κ3) is 3.54. The third-order valence-electron chi connectivity index (χ3n) is 2.86. The number of ether oxygens (including phenoxy) is 1. The van der Waals surface area contributed by atoms with Crippen molar-refractivity contribution in [1.82, 2.24) is 4.98 Å². The highest BCUT2D eigenvalue weighted by atomic mass is 79.9. The molecular formula is C14H15BrN2O3S. The van der Waals surface area contributed by atoms with E-state index in [1.807, 2.05) is 6.92 Å². The minimum absolute atomic E-state index is 0.0609. The number of sulfonamides is 1. The van der Waals surface area contributed by atoms with Crippen LogP contribution in [-0.4, -0.2) is 20.5 Å². The van der Waals surface area contributed by atoms with Gasteiger partial charge in [-0.1, -0.05) is 22.0 Å². The molecule has 1 N–H and O–H groups in total. The van der Waals surface area contributed by atoms with Gasteiger partial charge in [0.05, 0.1) is 7.11 Å². The Kier molecular flexibility index (Phi) is 4.53. The van der Waals surface area contributed by atoms with Gasteiger partial charge in [-0.25, -0.2) is 13.4 Å². The number of aryl methyl sites for hydroxylation is 2. The molecule has 1 heterocycles. The smallest absolute Gasteiger partial charge is 0.266 e. The SMILES string of the molecule is COc1cc(C)c(Br)cc1S(=O)(=O)Nc1cccc(C)n1. The number of methoxy groups -OCH3 is 1. The fourth-order valence-corrected chi connectivity index (χ4v) is 3.47. The van der Waals surface area contributed by atoms with Crippen molar-refractivity contribution in [2.24, 2.45) is 0 Å². The van der Waals surface area contributed by atoms with Crippen LogP contribution < -0.4 is 9.46 Å². The zero-order valence-electron chi connectivity index (χ0n) is 11.8. The molecular weight excluding hydrogens is 356 g/mol. The average molecular weight is 371 g/mol. The summed E-state index contributed by atoms with van der Waals surface area (Å²) in [4.78, 5) is 4.20. The summed E-state index contributed by atoms with van der Waals surface area (Å²) in [6.07, 6.45) is 0. The number of halogens is 1. The van der Waals surface area contributed by atoms with E-state index in [1.54, 1.807) is 31.2 Å². The average Bonchev–Trinajstić information content (AvgIpc) is 2.40. The zero-order valence-corrected chi connectivity index (χ0v) is 14.2. The number of anilines is 1. The number of aromatic nitrogens is 1. The van der Waals surface area contributed by atoms with Gasteiger partial charge in [0.25, 0.3) is 10.0 Å². The summed E-state index contributed by atoms with van der Waals surface area (Å²) in [6, 6.07) is 8.32. The van der Waals surface area contributed by atoms with E-state index in [-0.39, 0.29) is 16.5 Å². The van der Waals surface area contributed by atoms with E-state index in [9.17, 15) is 8.42 Å². The first-order chi connectivity index (χ1) is 9.83. The zero-order chi connectivity index (χ0) is 15.6. The second kappa shape index (κ2) is 6.03. The fraction of sp³-hybridized carbons (Fsp3) is 0.214. The number of nitrogens with zero attached hydrogens (tertiary/aromatic N) is 1. The van der Waals surface area contributed by atoms with Gasteiger partial charge < -0.3 is 4.74 Å². The van der Waals surface area contributed by atoms with E-state index in [0.29, 0.717) is 4.47 Å². The molecule has 112 valence electrons. The molecule has 2 aromatic rings. The molecule has 0 saturated carbocycles. The predicted molar refractivity (Wildman–Crippen MR) is 85.2 cm³/mol. The van der Waals surface area contributed by atoms with Crippen molar-refractivity contribution in [1.29, 1.82) is 0 Å². The summed E-state index contributed by atoms with van der Waals surface area (Å²) >= 11 is 3.34. The van der Waals surface area contributed by atoms with E-state index < -0.39 is 10.0 Å². The van der Waals surface area contributed by atoms with Gasteiger partial charge in [0.2, 0.25) is 0 Å². The van der Waals surface area contributed by atoms with Crippen molar-refractivity contribution < 1.29 is 13.2 Å².